The Morgan fingerprint density at radius 1 is 0.939 bits per heavy atom. The van der Waals surface area contributed by atoms with Gasteiger partial charge in [0.05, 0.1) is 24.8 Å². The van der Waals surface area contributed by atoms with E-state index in [4.69, 9.17) is 10.8 Å². The van der Waals surface area contributed by atoms with E-state index in [0.29, 0.717) is 11.4 Å². The molecule has 5 unspecified atom stereocenters. The van der Waals surface area contributed by atoms with E-state index in [1.54, 1.807) is 0 Å². The highest BCUT2D eigenvalue weighted by Gasteiger charge is 2.30. The van der Waals surface area contributed by atoms with Crippen molar-refractivity contribution < 1.29 is 29.4 Å². The Bertz CT molecular complexity index is 930. The van der Waals surface area contributed by atoms with E-state index >= 15 is 0 Å². The van der Waals surface area contributed by atoms with E-state index in [9.17, 15) is 24.3 Å². The Morgan fingerprint density at radius 3 is 2.00 bits per heavy atom. The normalized spacial score (nSPS) is 15.5. The molecule has 180 valence electrons. The number of aromatic nitrogens is 4. The van der Waals surface area contributed by atoms with Crippen LogP contribution >= 0.6 is 0 Å². The molecule has 3 amide bonds. The van der Waals surface area contributed by atoms with Crippen molar-refractivity contribution in [3.8, 4) is 0 Å². The van der Waals surface area contributed by atoms with Crippen molar-refractivity contribution in [3.63, 3.8) is 0 Å². The van der Waals surface area contributed by atoms with Crippen LogP contribution in [0.5, 0.6) is 0 Å². The molecule has 2 rings (SSSR count). The molecule has 0 aliphatic heterocycles. The number of nitrogens with one attached hydrogen (secondary N) is 5. The van der Waals surface area contributed by atoms with Crippen LogP contribution in [0.15, 0.2) is 25.0 Å². The number of imidazole rings is 2. The van der Waals surface area contributed by atoms with Crippen LogP contribution < -0.4 is 21.7 Å². The molecule has 2 aromatic rings. The number of aromatic amines is 2. The largest absolute Gasteiger partial charge is 0.480 e. The van der Waals surface area contributed by atoms with E-state index in [1.165, 1.54) is 38.9 Å². The monoisotopic (exact) mass is 464 g/mol. The lowest BCUT2D eigenvalue weighted by molar-refractivity contribution is -0.145. The quantitative estimate of drug-likeness (QED) is 0.162. The van der Waals surface area contributed by atoms with Crippen LogP contribution in [0.2, 0.25) is 0 Å². The zero-order valence-electron chi connectivity index (χ0n) is 18.1. The molecule has 0 saturated carbocycles. The summed E-state index contributed by atoms with van der Waals surface area (Å²) < 4.78 is 0. The fraction of sp³-hybridized carbons (Fsp3) is 0.474. The predicted molar refractivity (Wildman–Crippen MR) is 113 cm³/mol. The molecule has 0 aromatic carbocycles. The Hall–Kier alpha value is -3.78. The maximum absolute atomic E-state index is 12.9. The van der Waals surface area contributed by atoms with Gasteiger partial charge in [0, 0.05) is 36.6 Å². The van der Waals surface area contributed by atoms with Crippen LogP contribution in [0.25, 0.3) is 0 Å². The number of carboxylic acids is 1. The zero-order chi connectivity index (χ0) is 24.5. The van der Waals surface area contributed by atoms with Crippen LogP contribution in [-0.4, -0.2) is 84.1 Å². The lowest BCUT2D eigenvalue weighted by atomic mass is 10.1. The summed E-state index contributed by atoms with van der Waals surface area (Å²) in [6.45, 7) is 2.55. The van der Waals surface area contributed by atoms with E-state index in [2.05, 4.69) is 35.9 Å². The van der Waals surface area contributed by atoms with Gasteiger partial charge in [-0.1, -0.05) is 0 Å². The van der Waals surface area contributed by atoms with Crippen molar-refractivity contribution in [2.45, 2.75) is 57.0 Å². The van der Waals surface area contributed by atoms with Gasteiger partial charge in [0.15, 0.2) is 6.04 Å². The molecule has 9 N–H and O–H groups in total. The van der Waals surface area contributed by atoms with Gasteiger partial charge in [-0.15, -0.1) is 0 Å². The molecule has 0 aliphatic rings. The van der Waals surface area contributed by atoms with E-state index in [-0.39, 0.29) is 12.8 Å². The number of hydrogen-bond donors (Lipinski definition) is 8. The molecule has 0 fully saturated rings. The predicted octanol–water partition coefficient (Wildman–Crippen LogP) is -2.81. The van der Waals surface area contributed by atoms with Crippen molar-refractivity contribution in [2.24, 2.45) is 5.73 Å². The van der Waals surface area contributed by atoms with Gasteiger partial charge in [0.25, 0.3) is 0 Å². The Balaban J connectivity index is 2.04. The van der Waals surface area contributed by atoms with E-state index in [1.807, 2.05) is 0 Å². The molecule has 0 radical (unpaired) electrons. The fourth-order valence-electron chi connectivity index (χ4n) is 2.88. The standard InChI is InChI=1S/C19H28N8O6/c1-9(16(29)27-15(10(2)28)19(32)33)25-18(31)14(4-12-6-22-8-24-12)26-17(30)13(20)3-11-5-21-7-23-11/h5-10,13-15,28H,3-4,20H2,1-2H3,(H,21,23)(H,22,24)(H,25,31)(H,26,30)(H,27,29)(H,32,33). The smallest absolute Gasteiger partial charge is 0.328 e. The van der Waals surface area contributed by atoms with E-state index < -0.39 is 54.0 Å². The number of carbonyl (C=O) groups is 4. The minimum absolute atomic E-state index is 0.0358. The van der Waals surface area contributed by atoms with Crippen molar-refractivity contribution >= 4 is 23.7 Å². The number of H-pyrrole nitrogens is 2. The molecule has 0 bridgehead atoms. The summed E-state index contributed by atoms with van der Waals surface area (Å²) in [5, 5.41) is 25.8. The van der Waals surface area contributed by atoms with Gasteiger partial charge in [-0.05, 0) is 13.8 Å². The summed E-state index contributed by atoms with van der Waals surface area (Å²) >= 11 is 0. The van der Waals surface area contributed by atoms with Crippen molar-refractivity contribution in [1.82, 2.24) is 35.9 Å². The molecule has 14 nitrogen and oxygen atoms in total. The van der Waals surface area contributed by atoms with Crippen LogP contribution in [0.4, 0.5) is 0 Å². The zero-order valence-corrected chi connectivity index (χ0v) is 18.1. The molecule has 0 spiro atoms. The van der Waals surface area contributed by atoms with Gasteiger partial charge in [0.1, 0.15) is 12.1 Å². The summed E-state index contributed by atoms with van der Waals surface area (Å²) in [6.07, 6.45) is 4.72. The first-order valence-electron chi connectivity index (χ1n) is 10.1. The maximum Gasteiger partial charge on any atom is 0.328 e. The summed E-state index contributed by atoms with van der Waals surface area (Å²) in [7, 11) is 0. The first kappa shape index (κ1) is 25.5. The molecule has 2 aromatic heterocycles. The second kappa shape index (κ2) is 11.7. The first-order valence-corrected chi connectivity index (χ1v) is 10.1. The number of aliphatic hydroxyl groups excluding tert-OH is 1. The average molecular weight is 464 g/mol. The number of hydrogen-bond acceptors (Lipinski definition) is 8. The molecule has 33 heavy (non-hydrogen) atoms. The van der Waals surface area contributed by atoms with Gasteiger partial charge >= 0.3 is 5.97 Å². The van der Waals surface area contributed by atoms with Crippen LogP contribution in [0, 0.1) is 0 Å². The number of aliphatic hydroxyl groups is 1. The Kier molecular flexibility index (Phi) is 9.06. The van der Waals surface area contributed by atoms with Gasteiger partial charge in [-0.3, -0.25) is 14.4 Å². The summed E-state index contributed by atoms with van der Waals surface area (Å²) in [4.78, 5) is 62.3. The number of nitrogens with zero attached hydrogens (tertiary/aromatic N) is 2. The SMILES string of the molecule is CC(NC(=O)C(Cc1cnc[nH]1)NC(=O)C(N)Cc1cnc[nH]1)C(=O)NC(C(=O)O)C(C)O. The summed E-state index contributed by atoms with van der Waals surface area (Å²) in [6, 6.07) is -4.77. The van der Waals surface area contributed by atoms with Crippen LogP contribution in [0.1, 0.15) is 25.2 Å². The Morgan fingerprint density at radius 2 is 1.52 bits per heavy atom. The molecule has 0 aliphatic carbocycles. The highest BCUT2D eigenvalue weighted by molar-refractivity contribution is 5.94. The molecule has 14 heteroatoms. The van der Waals surface area contributed by atoms with Crippen molar-refractivity contribution in [2.75, 3.05) is 0 Å². The third kappa shape index (κ3) is 7.69. The fourth-order valence-corrected chi connectivity index (χ4v) is 2.88. The highest BCUT2D eigenvalue weighted by atomic mass is 16.4. The minimum Gasteiger partial charge on any atom is -0.480 e. The number of nitrogens with two attached hydrogens (primary N) is 1. The number of rotatable bonds is 12. The lowest BCUT2D eigenvalue weighted by Gasteiger charge is -2.24. The average Bonchev–Trinajstić information content (AvgIpc) is 3.44. The molecular formula is C19H28N8O6. The first-order chi connectivity index (χ1) is 15.6. The van der Waals surface area contributed by atoms with Gasteiger partial charge in [-0.25, -0.2) is 14.8 Å². The van der Waals surface area contributed by atoms with Crippen LogP contribution in [0.3, 0.4) is 0 Å². The Labute approximate surface area is 188 Å². The number of carboxylic acid groups (broad SMARTS) is 1. The van der Waals surface area contributed by atoms with Crippen molar-refractivity contribution in [3.05, 3.63) is 36.4 Å². The molecular weight excluding hydrogens is 436 g/mol. The minimum atomic E-state index is -1.54. The van der Waals surface area contributed by atoms with Crippen molar-refractivity contribution in [1.29, 1.82) is 0 Å². The van der Waals surface area contributed by atoms with Gasteiger partial charge in [0.2, 0.25) is 17.7 Å². The van der Waals surface area contributed by atoms with Gasteiger partial charge < -0.3 is 41.9 Å². The topological polar surface area (TPSA) is 228 Å². The maximum atomic E-state index is 12.9. The lowest BCUT2D eigenvalue weighted by Crippen LogP contribution is -2.58. The third-order valence-electron chi connectivity index (χ3n) is 4.74. The third-order valence-corrected chi connectivity index (χ3v) is 4.74. The second-order valence-corrected chi connectivity index (χ2v) is 7.52. The summed E-state index contributed by atoms with van der Waals surface area (Å²) in [5.74, 6) is -3.54. The summed E-state index contributed by atoms with van der Waals surface area (Å²) in [5.41, 5.74) is 7.13. The molecule has 0 saturated heterocycles. The number of amides is 3. The number of aliphatic carboxylic acids is 1. The van der Waals surface area contributed by atoms with Gasteiger partial charge in [-0.2, -0.15) is 0 Å². The highest BCUT2D eigenvalue weighted by Crippen LogP contribution is 2.03. The molecule has 5 atom stereocenters. The van der Waals surface area contributed by atoms with E-state index in [0.717, 1.165) is 0 Å². The molecule has 2 heterocycles. The second-order valence-electron chi connectivity index (χ2n) is 7.52. The number of carbonyl (C=O) groups excluding carboxylic acids is 3. The van der Waals surface area contributed by atoms with Crippen LogP contribution in [-0.2, 0) is 32.0 Å².